The summed E-state index contributed by atoms with van der Waals surface area (Å²) in [6.45, 7) is 4.84. The Balaban J connectivity index is 1.77. The lowest BCUT2D eigenvalue weighted by molar-refractivity contribution is -0.384. The van der Waals surface area contributed by atoms with Crippen molar-refractivity contribution in [2.75, 3.05) is 18.0 Å². The van der Waals surface area contributed by atoms with E-state index >= 15 is 0 Å². The first-order valence-electron chi connectivity index (χ1n) is 10.2. The highest BCUT2D eigenvalue weighted by Gasteiger charge is 2.18. The fourth-order valence-corrected chi connectivity index (χ4v) is 3.52. The number of aromatic nitrogens is 4. The molecule has 1 aromatic carbocycles. The molecule has 0 fully saturated rings. The normalized spacial score (nSPS) is 11.3. The fraction of sp³-hybridized carbons (Fsp3) is 0.350. The maximum absolute atomic E-state index is 12.3. The summed E-state index contributed by atoms with van der Waals surface area (Å²) in [4.78, 5) is 53.6. The Labute approximate surface area is 187 Å². The Morgan fingerprint density at radius 1 is 1.24 bits per heavy atom. The van der Waals surface area contributed by atoms with Gasteiger partial charge in [-0.1, -0.05) is 6.07 Å². The van der Waals surface area contributed by atoms with Gasteiger partial charge < -0.3 is 9.47 Å². The molecule has 13 nitrogen and oxygen atoms in total. The number of carbonyl (C=O) groups excluding carboxylic acids is 1. The van der Waals surface area contributed by atoms with Gasteiger partial charge >= 0.3 is 5.69 Å². The van der Waals surface area contributed by atoms with Crippen LogP contribution in [0, 0.1) is 10.1 Å². The van der Waals surface area contributed by atoms with E-state index in [1.165, 1.54) is 41.8 Å². The number of hydrogen-bond donors (Lipinski definition) is 1. The minimum Gasteiger partial charge on any atom is -0.367 e. The van der Waals surface area contributed by atoms with Crippen LogP contribution >= 0.6 is 0 Å². The number of hydrogen-bond acceptors (Lipinski definition) is 8. The maximum Gasteiger partial charge on any atom is 0.332 e. The number of nitro groups is 1. The summed E-state index contributed by atoms with van der Waals surface area (Å²) in [5.41, 5.74) is 2.41. The Morgan fingerprint density at radius 2 is 1.94 bits per heavy atom. The standard InChI is InChI=1S/C20H24N8O5/c1-5-26(6-2)14-8-7-13(9-15(14)28(32)33)10-22-23-16(29)11-27-12-21-17-18(27)24(3)20(31)25(4)19(17)30/h7-10,12H,5-6,11H2,1-4H3,(H,23,29)/b22-10+. The molecule has 3 rings (SSSR count). The summed E-state index contributed by atoms with van der Waals surface area (Å²) in [6, 6.07) is 4.70. The van der Waals surface area contributed by atoms with Gasteiger partial charge in [0.05, 0.1) is 17.5 Å². The van der Waals surface area contributed by atoms with E-state index < -0.39 is 22.1 Å². The lowest BCUT2D eigenvalue weighted by Gasteiger charge is -2.20. The quantitative estimate of drug-likeness (QED) is 0.292. The second kappa shape index (κ2) is 9.46. The molecule has 0 aliphatic heterocycles. The van der Waals surface area contributed by atoms with E-state index in [1.54, 1.807) is 12.1 Å². The highest BCUT2D eigenvalue weighted by atomic mass is 16.6. The van der Waals surface area contributed by atoms with Crippen molar-refractivity contribution in [1.29, 1.82) is 0 Å². The smallest absolute Gasteiger partial charge is 0.332 e. The van der Waals surface area contributed by atoms with Gasteiger partial charge in [-0.25, -0.2) is 15.2 Å². The van der Waals surface area contributed by atoms with Crippen molar-refractivity contribution in [2.45, 2.75) is 20.4 Å². The van der Waals surface area contributed by atoms with Crippen LogP contribution in [0.2, 0.25) is 0 Å². The van der Waals surface area contributed by atoms with Crippen molar-refractivity contribution >= 4 is 34.7 Å². The van der Waals surface area contributed by atoms with Crippen LogP contribution in [0.15, 0.2) is 39.2 Å². The summed E-state index contributed by atoms with van der Waals surface area (Å²) in [7, 11) is 2.83. The molecule has 0 radical (unpaired) electrons. The predicted octanol–water partition coefficient (Wildman–Crippen LogP) is 0.338. The van der Waals surface area contributed by atoms with Gasteiger partial charge in [-0.3, -0.25) is 28.8 Å². The number of anilines is 1. The first-order valence-corrected chi connectivity index (χ1v) is 10.2. The second-order valence-electron chi connectivity index (χ2n) is 7.22. The molecule has 0 unspecified atom stereocenters. The third-order valence-corrected chi connectivity index (χ3v) is 5.23. The van der Waals surface area contributed by atoms with Crippen molar-refractivity contribution in [2.24, 2.45) is 19.2 Å². The van der Waals surface area contributed by atoms with E-state index in [0.717, 1.165) is 4.57 Å². The van der Waals surface area contributed by atoms with Gasteiger partial charge in [0.25, 0.3) is 17.2 Å². The van der Waals surface area contributed by atoms with Crippen molar-refractivity contribution in [3.05, 3.63) is 61.0 Å². The number of carbonyl (C=O) groups is 1. The average Bonchev–Trinajstić information content (AvgIpc) is 3.21. The molecule has 0 atom stereocenters. The summed E-state index contributed by atoms with van der Waals surface area (Å²) >= 11 is 0. The number of amides is 1. The highest BCUT2D eigenvalue weighted by Crippen LogP contribution is 2.28. The second-order valence-corrected chi connectivity index (χ2v) is 7.22. The average molecular weight is 456 g/mol. The predicted molar refractivity (Wildman–Crippen MR) is 123 cm³/mol. The van der Waals surface area contributed by atoms with Crippen molar-refractivity contribution in [3.8, 4) is 0 Å². The van der Waals surface area contributed by atoms with Crippen molar-refractivity contribution < 1.29 is 9.72 Å². The maximum atomic E-state index is 12.3. The van der Waals surface area contributed by atoms with Crippen LogP contribution in [0.3, 0.4) is 0 Å². The zero-order valence-electron chi connectivity index (χ0n) is 18.7. The number of benzene rings is 1. The number of nitro benzene ring substituents is 1. The molecule has 13 heteroatoms. The summed E-state index contributed by atoms with van der Waals surface area (Å²) in [6.07, 6.45) is 2.60. The van der Waals surface area contributed by atoms with E-state index in [-0.39, 0.29) is 23.4 Å². The van der Waals surface area contributed by atoms with Crippen LogP contribution in [0.1, 0.15) is 19.4 Å². The minimum atomic E-state index is -0.556. The summed E-state index contributed by atoms with van der Waals surface area (Å²) in [5, 5.41) is 15.3. The van der Waals surface area contributed by atoms with Gasteiger partial charge in [-0.15, -0.1) is 0 Å². The molecule has 0 saturated carbocycles. The zero-order valence-corrected chi connectivity index (χ0v) is 18.7. The third-order valence-electron chi connectivity index (χ3n) is 5.23. The molecule has 174 valence electrons. The molecule has 2 aromatic heterocycles. The van der Waals surface area contributed by atoms with Crippen molar-refractivity contribution in [3.63, 3.8) is 0 Å². The number of nitrogens with zero attached hydrogens (tertiary/aromatic N) is 7. The SMILES string of the molecule is CCN(CC)c1ccc(/C=N/NC(=O)Cn2cnc3c(=O)n(C)c(=O)n(C)c32)cc1[N+](=O)[O-]. The molecule has 1 amide bonds. The number of nitrogens with one attached hydrogen (secondary N) is 1. The molecule has 1 N–H and O–H groups in total. The first-order chi connectivity index (χ1) is 15.7. The molecule has 0 spiro atoms. The van der Waals surface area contributed by atoms with Gasteiger partial charge in [-0.2, -0.15) is 5.10 Å². The Morgan fingerprint density at radius 3 is 2.58 bits per heavy atom. The van der Waals surface area contributed by atoms with Crippen LogP contribution in [0.25, 0.3) is 11.2 Å². The Hall–Kier alpha value is -4.29. The topological polar surface area (TPSA) is 150 Å². The van der Waals surface area contributed by atoms with E-state index in [1.807, 2.05) is 18.7 Å². The van der Waals surface area contributed by atoms with Crippen LogP contribution in [0.4, 0.5) is 11.4 Å². The largest absolute Gasteiger partial charge is 0.367 e. The van der Waals surface area contributed by atoms with E-state index in [2.05, 4.69) is 15.5 Å². The van der Waals surface area contributed by atoms with E-state index in [0.29, 0.717) is 24.3 Å². The molecule has 2 heterocycles. The summed E-state index contributed by atoms with van der Waals surface area (Å²) in [5.74, 6) is -0.534. The Bertz CT molecular complexity index is 1360. The van der Waals surface area contributed by atoms with Gasteiger partial charge in [0, 0.05) is 38.8 Å². The molecular formula is C20H24N8O5. The molecule has 0 aliphatic rings. The van der Waals surface area contributed by atoms with Gasteiger partial charge in [0.15, 0.2) is 5.52 Å². The van der Waals surface area contributed by atoms with Gasteiger partial charge in [0.1, 0.15) is 17.9 Å². The number of fused-ring (bicyclic) bond motifs is 1. The molecular weight excluding hydrogens is 432 g/mol. The molecule has 0 bridgehead atoms. The monoisotopic (exact) mass is 456 g/mol. The summed E-state index contributed by atoms with van der Waals surface area (Å²) < 4.78 is 3.54. The molecule has 3 aromatic rings. The molecule has 0 saturated heterocycles. The lowest BCUT2D eigenvalue weighted by Crippen LogP contribution is -2.37. The lowest BCUT2D eigenvalue weighted by atomic mass is 10.1. The number of imidazole rings is 1. The molecule has 0 aliphatic carbocycles. The molecule has 33 heavy (non-hydrogen) atoms. The van der Waals surface area contributed by atoms with Crippen LogP contribution in [-0.4, -0.2) is 48.8 Å². The van der Waals surface area contributed by atoms with Crippen LogP contribution in [0.5, 0.6) is 0 Å². The number of hydrazone groups is 1. The van der Waals surface area contributed by atoms with E-state index in [9.17, 15) is 24.5 Å². The van der Waals surface area contributed by atoms with Gasteiger partial charge in [0.2, 0.25) is 0 Å². The fourth-order valence-electron chi connectivity index (χ4n) is 3.52. The highest BCUT2D eigenvalue weighted by molar-refractivity contribution is 5.85. The number of aryl methyl sites for hydroxylation is 1. The Kier molecular flexibility index (Phi) is 6.70. The first kappa shape index (κ1) is 23.4. The van der Waals surface area contributed by atoms with E-state index in [4.69, 9.17) is 0 Å². The van der Waals surface area contributed by atoms with Crippen molar-refractivity contribution in [1.82, 2.24) is 24.1 Å². The van der Waals surface area contributed by atoms with Gasteiger partial charge in [-0.05, 0) is 19.9 Å². The third kappa shape index (κ3) is 4.51. The minimum absolute atomic E-state index is 0.0543. The van der Waals surface area contributed by atoms with Crippen LogP contribution in [-0.2, 0) is 25.4 Å². The zero-order chi connectivity index (χ0) is 24.3. The number of rotatable bonds is 8. The van der Waals surface area contributed by atoms with Crippen LogP contribution < -0.4 is 21.6 Å².